The molecular weight excluding hydrogens is 188 g/mol. The van der Waals surface area contributed by atoms with Crippen molar-refractivity contribution in [3.8, 4) is 0 Å². The van der Waals surface area contributed by atoms with Crippen molar-refractivity contribution in [1.29, 1.82) is 0 Å². The summed E-state index contributed by atoms with van der Waals surface area (Å²) in [6.07, 6.45) is 6.60. The van der Waals surface area contributed by atoms with Crippen molar-refractivity contribution in [3.05, 3.63) is 24.3 Å². The summed E-state index contributed by atoms with van der Waals surface area (Å²) in [5, 5.41) is 3.39. The third kappa shape index (κ3) is 3.25. The monoisotopic (exact) mass is 206 g/mol. The van der Waals surface area contributed by atoms with E-state index < -0.39 is 0 Å². The fourth-order valence-electron chi connectivity index (χ4n) is 2.06. The van der Waals surface area contributed by atoms with Crippen molar-refractivity contribution in [2.24, 2.45) is 5.92 Å². The van der Waals surface area contributed by atoms with E-state index in [9.17, 15) is 0 Å². The van der Waals surface area contributed by atoms with Crippen LogP contribution in [-0.4, -0.2) is 41.5 Å². The summed E-state index contributed by atoms with van der Waals surface area (Å²) in [4.78, 5) is 10.7. The van der Waals surface area contributed by atoms with Gasteiger partial charge in [0, 0.05) is 31.7 Å². The normalized spacial score (nSPS) is 21.1. The van der Waals surface area contributed by atoms with E-state index in [1.807, 2.05) is 6.20 Å². The molecule has 1 atom stereocenters. The maximum absolute atomic E-state index is 4.27. The molecule has 0 aliphatic carbocycles. The Kier molecular flexibility index (Phi) is 3.64. The lowest BCUT2D eigenvalue weighted by atomic mass is 10.1. The van der Waals surface area contributed by atoms with E-state index >= 15 is 0 Å². The van der Waals surface area contributed by atoms with Crippen molar-refractivity contribution >= 4 is 0 Å². The molecule has 1 aliphatic heterocycles. The molecule has 1 N–H and O–H groups in total. The van der Waals surface area contributed by atoms with Gasteiger partial charge in [-0.2, -0.15) is 0 Å². The zero-order valence-corrected chi connectivity index (χ0v) is 9.19. The molecule has 2 rings (SSSR count). The Morgan fingerprint density at radius 3 is 3.13 bits per heavy atom. The summed E-state index contributed by atoms with van der Waals surface area (Å²) < 4.78 is 0. The largest absolute Gasteiger partial charge is 0.316 e. The molecule has 1 saturated heterocycles. The molecule has 0 saturated carbocycles. The van der Waals surface area contributed by atoms with Crippen molar-refractivity contribution < 1.29 is 0 Å². The predicted octanol–water partition coefficient (Wildman–Crippen LogP) is 0.518. The fraction of sp³-hybridized carbons (Fsp3) is 0.636. The number of rotatable bonds is 4. The number of nitrogens with one attached hydrogen (secondary N) is 1. The van der Waals surface area contributed by atoms with Crippen molar-refractivity contribution in [2.75, 3.05) is 26.7 Å². The molecular formula is C11H18N4. The molecule has 2 heterocycles. The van der Waals surface area contributed by atoms with Crippen molar-refractivity contribution in [3.63, 3.8) is 0 Å². The van der Waals surface area contributed by atoms with Crippen LogP contribution in [0, 0.1) is 5.92 Å². The molecule has 82 valence electrons. The van der Waals surface area contributed by atoms with Gasteiger partial charge in [0.2, 0.25) is 0 Å². The Balaban J connectivity index is 1.79. The zero-order chi connectivity index (χ0) is 10.5. The van der Waals surface area contributed by atoms with Gasteiger partial charge in [-0.25, -0.2) is 0 Å². The second-order valence-electron chi connectivity index (χ2n) is 4.25. The predicted molar refractivity (Wildman–Crippen MR) is 59.3 cm³/mol. The zero-order valence-electron chi connectivity index (χ0n) is 9.19. The number of hydrogen-bond donors (Lipinski definition) is 1. The number of nitrogens with zero attached hydrogens (tertiary/aromatic N) is 3. The first-order valence-electron chi connectivity index (χ1n) is 5.49. The molecule has 0 aromatic carbocycles. The molecule has 1 aliphatic rings. The first kappa shape index (κ1) is 10.5. The minimum atomic E-state index is 0.798. The first-order valence-corrected chi connectivity index (χ1v) is 5.49. The van der Waals surface area contributed by atoms with Crippen LogP contribution in [0.5, 0.6) is 0 Å². The molecule has 4 nitrogen and oxygen atoms in total. The highest BCUT2D eigenvalue weighted by Gasteiger charge is 2.16. The Morgan fingerprint density at radius 1 is 1.53 bits per heavy atom. The maximum Gasteiger partial charge on any atom is 0.0726 e. The molecule has 1 aromatic heterocycles. The van der Waals surface area contributed by atoms with Gasteiger partial charge in [0.1, 0.15) is 0 Å². The van der Waals surface area contributed by atoms with Crippen molar-refractivity contribution in [1.82, 2.24) is 20.2 Å². The second-order valence-corrected chi connectivity index (χ2v) is 4.25. The van der Waals surface area contributed by atoms with Gasteiger partial charge >= 0.3 is 0 Å². The van der Waals surface area contributed by atoms with Gasteiger partial charge in [0.05, 0.1) is 5.69 Å². The molecule has 0 spiro atoms. The number of aromatic nitrogens is 2. The standard InChI is InChI=1S/C11H18N4/c1-15(8-10-2-3-12-6-10)9-11-7-13-4-5-14-11/h4-5,7,10,12H,2-3,6,8-9H2,1H3/t10-/m1/s1. The van der Waals surface area contributed by atoms with Crippen LogP contribution in [0.15, 0.2) is 18.6 Å². The highest BCUT2D eigenvalue weighted by molar-refractivity contribution is 4.94. The first-order chi connectivity index (χ1) is 7.34. The molecule has 15 heavy (non-hydrogen) atoms. The third-order valence-electron chi connectivity index (χ3n) is 2.78. The maximum atomic E-state index is 4.27. The molecule has 0 bridgehead atoms. The smallest absolute Gasteiger partial charge is 0.0726 e. The van der Waals surface area contributed by atoms with Gasteiger partial charge in [0.25, 0.3) is 0 Å². The van der Waals surface area contributed by atoms with E-state index in [4.69, 9.17) is 0 Å². The molecule has 0 amide bonds. The van der Waals surface area contributed by atoms with Crippen molar-refractivity contribution in [2.45, 2.75) is 13.0 Å². The fourth-order valence-corrected chi connectivity index (χ4v) is 2.06. The van der Waals surface area contributed by atoms with Crippen LogP contribution in [0.2, 0.25) is 0 Å². The topological polar surface area (TPSA) is 41.1 Å². The average Bonchev–Trinajstić information content (AvgIpc) is 2.71. The quantitative estimate of drug-likeness (QED) is 0.779. The van der Waals surface area contributed by atoms with Gasteiger partial charge in [0.15, 0.2) is 0 Å². The molecule has 0 unspecified atom stereocenters. The summed E-state index contributed by atoms with van der Waals surface area (Å²) in [6.45, 7) is 4.36. The van der Waals surface area contributed by atoms with E-state index in [2.05, 4.69) is 27.2 Å². The Morgan fingerprint density at radius 2 is 2.47 bits per heavy atom. The summed E-state index contributed by atoms with van der Waals surface area (Å²) in [5.41, 5.74) is 1.05. The SMILES string of the molecule is CN(Cc1cnccn1)C[C@@H]1CCNC1. The van der Waals surface area contributed by atoms with E-state index in [0.29, 0.717) is 0 Å². The lowest BCUT2D eigenvalue weighted by molar-refractivity contribution is 0.275. The molecule has 1 fully saturated rings. The van der Waals surface area contributed by atoms with Gasteiger partial charge < -0.3 is 10.2 Å². The Hall–Kier alpha value is -1.00. The highest BCUT2D eigenvalue weighted by atomic mass is 15.1. The van der Waals surface area contributed by atoms with Crippen LogP contribution in [0.3, 0.4) is 0 Å². The third-order valence-corrected chi connectivity index (χ3v) is 2.78. The molecule has 0 radical (unpaired) electrons. The lowest BCUT2D eigenvalue weighted by Crippen LogP contribution is -2.27. The minimum Gasteiger partial charge on any atom is -0.316 e. The van der Waals surface area contributed by atoms with Gasteiger partial charge in [-0.15, -0.1) is 0 Å². The van der Waals surface area contributed by atoms with Gasteiger partial charge in [-0.1, -0.05) is 0 Å². The van der Waals surface area contributed by atoms with Gasteiger partial charge in [-0.3, -0.25) is 9.97 Å². The molecule has 4 heteroatoms. The van der Waals surface area contributed by atoms with Crippen LogP contribution in [0.4, 0.5) is 0 Å². The van der Waals surface area contributed by atoms with E-state index in [0.717, 1.165) is 31.2 Å². The Labute approximate surface area is 90.7 Å². The van der Waals surface area contributed by atoms with E-state index in [-0.39, 0.29) is 0 Å². The summed E-state index contributed by atoms with van der Waals surface area (Å²) >= 11 is 0. The summed E-state index contributed by atoms with van der Waals surface area (Å²) in [6, 6.07) is 0. The van der Waals surface area contributed by atoms with Gasteiger partial charge in [-0.05, 0) is 32.5 Å². The average molecular weight is 206 g/mol. The second kappa shape index (κ2) is 5.19. The summed E-state index contributed by atoms with van der Waals surface area (Å²) in [7, 11) is 2.15. The van der Waals surface area contributed by atoms with Crippen LogP contribution in [0.25, 0.3) is 0 Å². The van der Waals surface area contributed by atoms with Crippen LogP contribution < -0.4 is 5.32 Å². The van der Waals surface area contributed by atoms with Crippen LogP contribution >= 0.6 is 0 Å². The van der Waals surface area contributed by atoms with E-state index in [1.165, 1.54) is 13.0 Å². The Bertz CT molecular complexity index is 282. The van der Waals surface area contributed by atoms with Crippen LogP contribution in [0.1, 0.15) is 12.1 Å². The van der Waals surface area contributed by atoms with E-state index in [1.54, 1.807) is 12.4 Å². The summed E-state index contributed by atoms with van der Waals surface area (Å²) in [5.74, 6) is 0.798. The number of hydrogen-bond acceptors (Lipinski definition) is 4. The lowest BCUT2D eigenvalue weighted by Gasteiger charge is -2.19. The highest BCUT2D eigenvalue weighted by Crippen LogP contribution is 2.09. The minimum absolute atomic E-state index is 0.798. The van der Waals surface area contributed by atoms with Crippen LogP contribution in [-0.2, 0) is 6.54 Å². The molecule has 1 aromatic rings.